The van der Waals surface area contributed by atoms with Crippen LogP contribution < -0.4 is 4.74 Å². The normalized spacial score (nSPS) is 11.0. The zero-order valence-corrected chi connectivity index (χ0v) is 13.4. The first-order valence-electron chi connectivity index (χ1n) is 7.29. The number of carbonyl (C=O) groups is 1. The maximum atomic E-state index is 10.5. The highest BCUT2D eigenvalue weighted by atomic mass is 35.5. The van der Waals surface area contributed by atoms with Gasteiger partial charge in [0, 0.05) is 6.21 Å². The molecular weight excluding hydrogens is 326 g/mol. The standard InChI is InChI=1S/C19H14ClNO3/c20-17-9-13(5-8-18(17)24-12-19(22)23)11-21-16-7-6-14-3-1-2-4-15(14)10-16/h1-11H,12H2,(H,22,23). The SMILES string of the molecule is O=C(O)COc1ccc(C=Nc2ccc3ccccc3c2)cc1Cl. The quantitative estimate of drug-likeness (QED) is 0.685. The molecule has 0 radical (unpaired) electrons. The van der Waals surface area contributed by atoms with Gasteiger partial charge >= 0.3 is 5.97 Å². The van der Waals surface area contributed by atoms with E-state index in [1.165, 1.54) is 5.39 Å². The second-order valence-electron chi connectivity index (χ2n) is 5.16. The first-order valence-corrected chi connectivity index (χ1v) is 7.66. The number of carboxylic acids is 1. The summed E-state index contributed by atoms with van der Waals surface area (Å²) in [5.41, 5.74) is 1.65. The monoisotopic (exact) mass is 339 g/mol. The molecule has 0 unspecified atom stereocenters. The van der Waals surface area contributed by atoms with Crippen LogP contribution in [-0.2, 0) is 4.79 Å². The Hall–Kier alpha value is -2.85. The Labute approximate surface area is 144 Å². The Morgan fingerprint density at radius 2 is 1.88 bits per heavy atom. The highest BCUT2D eigenvalue weighted by molar-refractivity contribution is 6.32. The maximum Gasteiger partial charge on any atom is 0.341 e. The first-order chi connectivity index (χ1) is 11.6. The summed E-state index contributed by atoms with van der Waals surface area (Å²) in [7, 11) is 0. The van der Waals surface area contributed by atoms with Crippen LogP contribution in [0.4, 0.5) is 5.69 Å². The lowest BCUT2D eigenvalue weighted by Crippen LogP contribution is -2.09. The van der Waals surface area contributed by atoms with Gasteiger partial charge in [-0.3, -0.25) is 4.99 Å². The van der Waals surface area contributed by atoms with Crippen LogP contribution in [0.1, 0.15) is 5.56 Å². The van der Waals surface area contributed by atoms with Crippen molar-refractivity contribution in [2.24, 2.45) is 4.99 Å². The van der Waals surface area contributed by atoms with Crippen LogP contribution >= 0.6 is 11.6 Å². The highest BCUT2D eigenvalue weighted by Gasteiger charge is 2.05. The molecule has 0 fully saturated rings. The average molecular weight is 340 g/mol. The molecule has 0 aliphatic rings. The van der Waals surface area contributed by atoms with Crippen molar-refractivity contribution < 1.29 is 14.6 Å². The fourth-order valence-electron chi connectivity index (χ4n) is 2.26. The Bertz CT molecular complexity index is 921. The molecule has 0 atom stereocenters. The summed E-state index contributed by atoms with van der Waals surface area (Å²) in [6.45, 7) is -0.426. The molecule has 0 saturated carbocycles. The van der Waals surface area contributed by atoms with E-state index in [-0.39, 0.29) is 0 Å². The van der Waals surface area contributed by atoms with Crippen molar-refractivity contribution in [1.82, 2.24) is 0 Å². The van der Waals surface area contributed by atoms with Gasteiger partial charge in [-0.15, -0.1) is 0 Å². The minimum absolute atomic E-state index is 0.335. The molecule has 3 aromatic rings. The van der Waals surface area contributed by atoms with Gasteiger partial charge in [0.15, 0.2) is 6.61 Å². The average Bonchev–Trinajstić information content (AvgIpc) is 2.59. The van der Waals surface area contributed by atoms with Crippen LogP contribution in [0.25, 0.3) is 10.8 Å². The van der Waals surface area contributed by atoms with Crippen LogP contribution in [-0.4, -0.2) is 23.9 Å². The molecule has 0 aliphatic carbocycles. The molecule has 5 heteroatoms. The summed E-state index contributed by atoms with van der Waals surface area (Å²) < 4.78 is 5.09. The molecule has 0 saturated heterocycles. The number of ether oxygens (including phenoxy) is 1. The van der Waals surface area contributed by atoms with Crippen LogP contribution in [0.15, 0.2) is 65.7 Å². The summed E-state index contributed by atoms with van der Waals surface area (Å²) in [6, 6.07) is 19.2. The minimum Gasteiger partial charge on any atom is -0.480 e. The second kappa shape index (κ2) is 7.15. The molecule has 0 spiro atoms. The first kappa shape index (κ1) is 16.0. The van der Waals surface area contributed by atoms with E-state index >= 15 is 0 Å². The van der Waals surface area contributed by atoms with E-state index in [1.54, 1.807) is 24.4 Å². The maximum absolute atomic E-state index is 10.5. The van der Waals surface area contributed by atoms with Crippen molar-refractivity contribution in [2.45, 2.75) is 0 Å². The Morgan fingerprint density at radius 1 is 1.08 bits per heavy atom. The molecule has 0 amide bonds. The summed E-state index contributed by atoms with van der Waals surface area (Å²) >= 11 is 6.09. The molecule has 0 aliphatic heterocycles. The molecular formula is C19H14ClNO3. The lowest BCUT2D eigenvalue weighted by molar-refractivity contribution is -0.139. The largest absolute Gasteiger partial charge is 0.480 e. The van der Waals surface area contributed by atoms with Gasteiger partial charge in [0.25, 0.3) is 0 Å². The Kier molecular flexibility index (Phi) is 4.77. The lowest BCUT2D eigenvalue weighted by Gasteiger charge is -2.06. The number of rotatable bonds is 5. The molecule has 24 heavy (non-hydrogen) atoms. The molecule has 3 aromatic carbocycles. The van der Waals surface area contributed by atoms with Gasteiger partial charge in [-0.1, -0.05) is 41.9 Å². The molecule has 0 aromatic heterocycles. The van der Waals surface area contributed by atoms with Crippen LogP contribution in [0.2, 0.25) is 5.02 Å². The number of hydrogen-bond donors (Lipinski definition) is 1. The predicted molar refractivity (Wildman–Crippen MR) is 95.8 cm³/mol. The van der Waals surface area contributed by atoms with Crippen molar-refractivity contribution in [2.75, 3.05) is 6.61 Å². The fraction of sp³-hybridized carbons (Fsp3) is 0.0526. The Balaban J connectivity index is 1.77. The number of carboxylic acid groups (broad SMARTS) is 1. The van der Waals surface area contributed by atoms with Crippen molar-refractivity contribution in [3.05, 3.63) is 71.2 Å². The van der Waals surface area contributed by atoms with E-state index in [2.05, 4.69) is 11.1 Å². The number of halogens is 1. The summed E-state index contributed by atoms with van der Waals surface area (Å²) in [5.74, 6) is -0.713. The van der Waals surface area contributed by atoms with Crippen LogP contribution in [0.3, 0.4) is 0 Å². The van der Waals surface area contributed by atoms with Crippen molar-refractivity contribution in [3.8, 4) is 5.75 Å². The summed E-state index contributed by atoms with van der Waals surface area (Å²) in [6.07, 6.45) is 1.71. The van der Waals surface area contributed by atoms with Crippen molar-refractivity contribution >= 4 is 40.2 Å². The van der Waals surface area contributed by atoms with E-state index in [0.717, 1.165) is 16.6 Å². The molecule has 0 bridgehead atoms. The van der Waals surface area contributed by atoms with Gasteiger partial charge in [0.1, 0.15) is 5.75 Å². The third-order valence-corrected chi connectivity index (χ3v) is 3.70. The van der Waals surface area contributed by atoms with E-state index in [9.17, 15) is 4.79 Å². The predicted octanol–water partition coefficient (Wildman–Crippen LogP) is 4.71. The number of fused-ring (bicyclic) bond motifs is 1. The number of hydrogen-bond acceptors (Lipinski definition) is 3. The number of benzene rings is 3. The second-order valence-corrected chi connectivity index (χ2v) is 5.57. The van der Waals surface area contributed by atoms with Gasteiger partial charge in [-0.25, -0.2) is 4.79 Å². The third-order valence-electron chi connectivity index (χ3n) is 3.40. The summed E-state index contributed by atoms with van der Waals surface area (Å²) in [5, 5.41) is 11.3. The van der Waals surface area contributed by atoms with Gasteiger partial charge in [-0.2, -0.15) is 0 Å². The van der Waals surface area contributed by atoms with Crippen molar-refractivity contribution in [1.29, 1.82) is 0 Å². The minimum atomic E-state index is -1.05. The molecule has 120 valence electrons. The Morgan fingerprint density at radius 3 is 2.62 bits per heavy atom. The van der Waals surface area contributed by atoms with Gasteiger partial charge in [-0.05, 0) is 46.7 Å². The third kappa shape index (κ3) is 3.91. The zero-order valence-electron chi connectivity index (χ0n) is 12.6. The smallest absolute Gasteiger partial charge is 0.341 e. The highest BCUT2D eigenvalue weighted by Crippen LogP contribution is 2.25. The summed E-state index contributed by atoms with van der Waals surface area (Å²) in [4.78, 5) is 15.0. The molecule has 1 N–H and O–H groups in total. The van der Waals surface area contributed by atoms with E-state index in [4.69, 9.17) is 21.4 Å². The van der Waals surface area contributed by atoms with Gasteiger partial charge in [0.2, 0.25) is 0 Å². The van der Waals surface area contributed by atoms with Gasteiger partial charge in [0.05, 0.1) is 10.7 Å². The topological polar surface area (TPSA) is 58.9 Å². The fourth-order valence-corrected chi connectivity index (χ4v) is 2.50. The van der Waals surface area contributed by atoms with E-state index < -0.39 is 12.6 Å². The molecule has 3 rings (SSSR count). The number of aliphatic imine (C=N–C) groups is 1. The number of nitrogens with zero attached hydrogens (tertiary/aromatic N) is 1. The molecule has 4 nitrogen and oxygen atoms in total. The van der Waals surface area contributed by atoms with E-state index in [0.29, 0.717) is 10.8 Å². The van der Waals surface area contributed by atoms with Crippen LogP contribution in [0.5, 0.6) is 5.75 Å². The van der Waals surface area contributed by atoms with Gasteiger partial charge < -0.3 is 9.84 Å². The number of aliphatic carboxylic acids is 1. The van der Waals surface area contributed by atoms with Crippen LogP contribution in [0, 0.1) is 0 Å². The van der Waals surface area contributed by atoms with Crippen molar-refractivity contribution in [3.63, 3.8) is 0 Å². The molecule has 0 heterocycles. The lowest BCUT2D eigenvalue weighted by atomic mass is 10.1. The zero-order chi connectivity index (χ0) is 16.9. The van der Waals surface area contributed by atoms with E-state index in [1.807, 2.05) is 36.4 Å².